The number of aromatic amines is 2. The van der Waals surface area contributed by atoms with E-state index in [0.717, 1.165) is 46.1 Å². The van der Waals surface area contributed by atoms with E-state index in [-0.39, 0.29) is 17.6 Å². The first-order valence-electron chi connectivity index (χ1n) is 12.4. The van der Waals surface area contributed by atoms with E-state index in [1.54, 1.807) is 18.6 Å². The minimum atomic E-state index is -0.296. The molecule has 1 aromatic carbocycles. The van der Waals surface area contributed by atoms with Crippen molar-refractivity contribution in [3.05, 3.63) is 78.5 Å². The zero-order valence-corrected chi connectivity index (χ0v) is 20.4. The zero-order chi connectivity index (χ0) is 25.8. The summed E-state index contributed by atoms with van der Waals surface area (Å²) < 4.78 is 14.1. The lowest BCUT2D eigenvalue weighted by molar-refractivity contribution is -0.117. The fourth-order valence-corrected chi connectivity index (χ4v) is 4.77. The number of benzene rings is 1. The lowest BCUT2D eigenvalue weighted by Gasteiger charge is -2.06. The van der Waals surface area contributed by atoms with Crippen LogP contribution in [-0.4, -0.2) is 36.0 Å². The van der Waals surface area contributed by atoms with Crippen molar-refractivity contribution >= 4 is 33.5 Å². The molecule has 1 amide bonds. The lowest BCUT2D eigenvalue weighted by Crippen LogP contribution is -2.13. The Labute approximate surface area is 216 Å². The zero-order valence-electron chi connectivity index (χ0n) is 20.4. The normalized spacial score (nSPS) is 13.3. The Morgan fingerprint density at radius 1 is 1.00 bits per heavy atom. The maximum Gasteiger partial charge on any atom is 0.227 e. The van der Waals surface area contributed by atoms with Crippen LogP contribution in [0, 0.1) is 18.7 Å². The molecule has 8 nitrogen and oxygen atoms in total. The molecule has 0 saturated heterocycles. The third kappa shape index (κ3) is 3.98. The number of aryl methyl sites for hydroxylation is 1. The van der Waals surface area contributed by atoms with Gasteiger partial charge in [0.1, 0.15) is 17.0 Å². The molecule has 0 radical (unpaired) electrons. The van der Waals surface area contributed by atoms with Crippen molar-refractivity contribution < 1.29 is 9.18 Å². The van der Waals surface area contributed by atoms with Crippen molar-refractivity contribution in [1.29, 1.82) is 0 Å². The second-order valence-corrected chi connectivity index (χ2v) is 9.71. The van der Waals surface area contributed by atoms with Crippen LogP contribution < -0.4 is 5.32 Å². The smallest absolute Gasteiger partial charge is 0.227 e. The van der Waals surface area contributed by atoms with Crippen molar-refractivity contribution in [2.24, 2.45) is 5.92 Å². The minimum absolute atomic E-state index is 0.0329. The van der Waals surface area contributed by atoms with Gasteiger partial charge in [-0.1, -0.05) is 0 Å². The number of amides is 1. The molecule has 1 saturated carbocycles. The summed E-state index contributed by atoms with van der Waals surface area (Å²) in [4.78, 5) is 29.4. The Morgan fingerprint density at radius 2 is 1.89 bits per heavy atom. The van der Waals surface area contributed by atoms with E-state index in [1.807, 2.05) is 43.3 Å². The first kappa shape index (κ1) is 22.3. The molecule has 0 aliphatic heterocycles. The number of halogens is 1. The van der Waals surface area contributed by atoms with Crippen LogP contribution in [-0.2, 0) is 4.79 Å². The lowest BCUT2D eigenvalue weighted by atomic mass is 10.0. The fraction of sp³-hybridized carbons (Fsp3) is 0.138. The Kier molecular flexibility index (Phi) is 5.04. The maximum absolute atomic E-state index is 14.1. The predicted molar refractivity (Wildman–Crippen MR) is 144 cm³/mol. The monoisotopic (exact) mass is 503 g/mol. The highest BCUT2D eigenvalue weighted by atomic mass is 19.1. The highest BCUT2D eigenvalue weighted by Gasteiger charge is 2.29. The highest BCUT2D eigenvalue weighted by molar-refractivity contribution is 5.99. The molecular formula is C29H22FN7O. The molecule has 7 rings (SSSR count). The van der Waals surface area contributed by atoms with Gasteiger partial charge in [0.2, 0.25) is 5.91 Å². The molecule has 0 unspecified atom stereocenters. The van der Waals surface area contributed by atoms with Gasteiger partial charge in [0.05, 0.1) is 34.5 Å². The number of aromatic nitrogens is 6. The third-order valence-corrected chi connectivity index (χ3v) is 6.78. The third-order valence-electron chi connectivity index (χ3n) is 6.78. The highest BCUT2D eigenvalue weighted by Crippen LogP contribution is 2.34. The summed E-state index contributed by atoms with van der Waals surface area (Å²) in [6.07, 6.45) is 6.95. The molecule has 1 aliphatic carbocycles. The van der Waals surface area contributed by atoms with Gasteiger partial charge in [-0.25, -0.2) is 9.37 Å². The van der Waals surface area contributed by atoms with Crippen LogP contribution in [0.1, 0.15) is 18.4 Å². The molecule has 5 heterocycles. The largest absolute Gasteiger partial charge is 0.353 e. The quantitative estimate of drug-likeness (QED) is 0.266. The van der Waals surface area contributed by atoms with Crippen molar-refractivity contribution in [2.45, 2.75) is 19.8 Å². The molecular weight excluding hydrogens is 481 g/mol. The molecule has 0 spiro atoms. The minimum Gasteiger partial charge on any atom is -0.353 e. The first-order chi connectivity index (χ1) is 18.5. The fourth-order valence-electron chi connectivity index (χ4n) is 4.77. The van der Waals surface area contributed by atoms with Crippen LogP contribution in [0.2, 0.25) is 0 Å². The molecule has 3 N–H and O–H groups in total. The number of hydrogen-bond donors (Lipinski definition) is 3. The van der Waals surface area contributed by atoms with E-state index >= 15 is 0 Å². The number of fused-ring (bicyclic) bond motifs is 2. The Bertz CT molecular complexity index is 1850. The predicted octanol–water partition coefficient (Wildman–Crippen LogP) is 6.03. The summed E-state index contributed by atoms with van der Waals surface area (Å²) in [6, 6.07) is 14.5. The van der Waals surface area contributed by atoms with Crippen LogP contribution >= 0.6 is 0 Å². The van der Waals surface area contributed by atoms with Crippen LogP contribution in [0.5, 0.6) is 0 Å². The van der Waals surface area contributed by atoms with E-state index in [4.69, 9.17) is 4.98 Å². The van der Waals surface area contributed by atoms with Crippen molar-refractivity contribution in [3.63, 3.8) is 0 Å². The Morgan fingerprint density at radius 3 is 2.74 bits per heavy atom. The number of rotatable bonds is 5. The van der Waals surface area contributed by atoms with Gasteiger partial charge >= 0.3 is 0 Å². The molecule has 38 heavy (non-hydrogen) atoms. The van der Waals surface area contributed by atoms with Gasteiger partial charge < -0.3 is 10.3 Å². The van der Waals surface area contributed by atoms with E-state index < -0.39 is 0 Å². The molecule has 1 aliphatic rings. The molecule has 5 aromatic heterocycles. The summed E-state index contributed by atoms with van der Waals surface area (Å²) >= 11 is 0. The molecule has 186 valence electrons. The Balaban J connectivity index is 1.29. The van der Waals surface area contributed by atoms with Gasteiger partial charge in [0.15, 0.2) is 0 Å². The Hall–Kier alpha value is -4.92. The van der Waals surface area contributed by atoms with Crippen LogP contribution in [0.15, 0.2) is 67.1 Å². The second-order valence-electron chi connectivity index (χ2n) is 9.71. The molecule has 9 heteroatoms. The molecule has 0 atom stereocenters. The molecule has 1 fully saturated rings. The number of pyridine rings is 3. The van der Waals surface area contributed by atoms with Crippen LogP contribution in [0.25, 0.3) is 55.8 Å². The van der Waals surface area contributed by atoms with Gasteiger partial charge in [0.25, 0.3) is 0 Å². The topological polar surface area (TPSA) is 112 Å². The number of nitrogens with zero attached hydrogens (tertiary/aromatic N) is 4. The summed E-state index contributed by atoms with van der Waals surface area (Å²) in [7, 11) is 0. The summed E-state index contributed by atoms with van der Waals surface area (Å²) in [5, 5.41) is 11.4. The van der Waals surface area contributed by atoms with Crippen LogP contribution in [0.4, 0.5) is 10.1 Å². The second kappa shape index (κ2) is 8.58. The van der Waals surface area contributed by atoms with Gasteiger partial charge in [0, 0.05) is 40.3 Å². The van der Waals surface area contributed by atoms with Gasteiger partial charge in [-0.2, -0.15) is 5.10 Å². The maximum atomic E-state index is 14.1. The summed E-state index contributed by atoms with van der Waals surface area (Å²) in [5.74, 6) is -0.153. The van der Waals surface area contributed by atoms with Gasteiger partial charge in [-0.3, -0.25) is 19.9 Å². The van der Waals surface area contributed by atoms with Crippen LogP contribution in [0.3, 0.4) is 0 Å². The summed E-state index contributed by atoms with van der Waals surface area (Å²) in [5.41, 5.74) is 8.15. The average molecular weight is 504 g/mol. The number of carbonyl (C=O) groups is 1. The van der Waals surface area contributed by atoms with E-state index in [1.165, 1.54) is 12.1 Å². The van der Waals surface area contributed by atoms with Gasteiger partial charge in [-0.05, 0) is 73.9 Å². The number of anilines is 1. The van der Waals surface area contributed by atoms with E-state index in [2.05, 4.69) is 30.5 Å². The van der Waals surface area contributed by atoms with E-state index in [9.17, 15) is 9.18 Å². The SMILES string of the molecule is Cc1cc(F)cc(-c2nccc3[nH]c(-c4n[nH]c5ccc(-c6cncc(NC(=O)C7CC7)c6)nc45)cc23)c1. The van der Waals surface area contributed by atoms with Gasteiger partial charge in [-0.15, -0.1) is 0 Å². The number of carbonyl (C=O) groups excluding carboxylic acids is 1. The van der Waals surface area contributed by atoms with Crippen molar-refractivity contribution in [2.75, 3.05) is 5.32 Å². The molecule has 0 bridgehead atoms. The van der Waals surface area contributed by atoms with E-state index in [0.29, 0.717) is 33.8 Å². The number of nitrogens with one attached hydrogen (secondary N) is 3. The average Bonchev–Trinajstić information content (AvgIpc) is 3.54. The molecule has 6 aromatic rings. The van der Waals surface area contributed by atoms with Crippen molar-refractivity contribution in [1.82, 2.24) is 30.1 Å². The summed E-state index contributed by atoms with van der Waals surface area (Å²) in [6.45, 7) is 1.86. The number of H-pyrrole nitrogens is 2. The number of hydrogen-bond acceptors (Lipinski definition) is 5. The van der Waals surface area contributed by atoms with Crippen molar-refractivity contribution in [3.8, 4) is 33.9 Å². The standard InChI is InChI=1S/C29H22FN7O/c1-15-8-17(10-19(30)9-15)26-21-12-25(34-23(21)6-7-32-26)28-27-24(36-37-28)5-4-22(35-27)18-11-20(14-31-13-18)33-29(38)16-2-3-16/h4-14,16,34H,2-3H2,1H3,(H,33,38)(H,36,37). The first-order valence-corrected chi connectivity index (χ1v) is 12.4.